The molecule has 3 aromatic heterocycles. The van der Waals surface area contributed by atoms with Crippen LogP contribution >= 0.6 is 0 Å². The van der Waals surface area contributed by atoms with Crippen LogP contribution in [0, 0.1) is 5.92 Å². The number of pyridine rings is 1. The number of aryl methyl sites for hydroxylation is 1. The summed E-state index contributed by atoms with van der Waals surface area (Å²) in [7, 11) is 0. The lowest BCUT2D eigenvalue weighted by Crippen LogP contribution is -2.37. The molecule has 1 aliphatic rings. The van der Waals surface area contributed by atoms with Crippen molar-refractivity contribution in [3.63, 3.8) is 0 Å². The van der Waals surface area contributed by atoms with E-state index in [1.807, 2.05) is 53.4 Å². The van der Waals surface area contributed by atoms with Crippen LogP contribution in [0.5, 0.6) is 0 Å². The van der Waals surface area contributed by atoms with Crippen LogP contribution in [0.4, 0.5) is 0 Å². The number of rotatable bonds is 9. The van der Waals surface area contributed by atoms with Crippen molar-refractivity contribution in [2.75, 3.05) is 0 Å². The molecule has 1 fully saturated rings. The van der Waals surface area contributed by atoms with E-state index >= 15 is 0 Å². The SMILES string of the molecule is CCCCc1cn(C2C(=O)CCCC2CC)c(=O)n1Cc1ccc(-c2ccccc2-c2nnn[nH]2)nc1. The summed E-state index contributed by atoms with van der Waals surface area (Å²) in [6, 6.07) is 11.4. The molecule has 0 spiro atoms. The molecule has 2 unspecified atom stereocenters. The van der Waals surface area contributed by atoms with Gasteiger partial charge in [-0.15, -0.1) is 5.10 Å². The lowest BCUT2D eigenvalue weighted by molar-refractivity contribution is -0.126. The molecule has 3 heterocycles. The minimum atomic E-state index is -0.351. The summed E-state index contributed by atoms with van der Waals surface area (Å²) in [5, 5.41) is 14.2. The highest BCUT2D eigenvalue weighted by atomic mass is 16.2. The van der Waals surface area contributed by atoms with E-state index in [4.69, 9.17) is 4.98 Å². The van der Waals surface area contributed by atoms with Gasteiger partial charge < -0.3 is 0 Å². The first-order valence-electron chi connectivity index (χ1n) is 13.2. The number of aromatic amines is 1. The molecular weight excluding hydrogens is 466 g/mol. The number of nitrogens with one attached hydrogen (secondary N) is 1. The van der Waals surface area contributed by atoms with Gasteiger partial charge in [0.05, 0.1) is 18.3 Å². The fourth-order valence-corrected chi connectivity index (χ4v) is 5.44. The van der Waals surface area contributed by atoms with Crippen molar-refractivity contribution in [2.45, 2.75) is 71.4 Å². The highest BCUT2D eigenvalue weighted by Crippen LogP contribution is 2.33. The fourth-order valence-electron chi connectivity index (χ4n) is 5.44. The van der Waals surface area contributed by atoms with Crippen molar-refractivity contribution in [1.82, 2.24) is 34.7 Å². The van der Waals surface area contributed by atoms with Crippen LogP contribution in [0.25, 0.3) is 22.6 Å². The third kappa shape index (κ3) is 5.03. The zero-order valence-electron chi connectivity index (χ0n) is 21.4. The molecule has 2 atom stereocenters. The first-order chi connectivity index (χ1) is 18.1. The predicted octanol–water partition coefficient (Wildman–Crippen LogP) is 4.60. The molecule has 0 amide bonds. The molecule has 9 heteroatoms. The van der Waals surface area contributed by atoms with Crippen LogP contribution in [-0.4, -0.2) is 40.5 Å². The number of aromatic nitrogens is 7. The molecule has 9 nitrogen and oxygen atoms in total. The largest absolute Gasteiger partial charge is 0.329 e. The highest BCUT2D eigenvalue weighted by molar-refractivity contribution is 5.83. The molecule has 1 aromatic carbocycles. The van der Waals surface area contributed by atoms with E-state index in [1.54, 1.807) is 4.57 Å². The van der Waals surface area contributed by atoms with E-state index in [1.165, 1.54) is 0 Å². The van der Waals surface area contributed by atoms with Crippen LogP contribution in [0.3, 0.4) is 0 Å². The Labute approximate surface area is 216 Å². The third-order valence-corrected chi connectivity index (χ3v) is 7.44. The number of Topliss-reactive ketones (excluding diaryl/α,β-unsaturated/α-hetero) is 1. The van der Waals surface area contributed by atoms with Gasteiger partial charge in [-0.2, -0.15) is 0 Å². The van der Waals surface area contributed by atoms with Gasteiger partial charge in [0.15, 0.2) is 11.6 Å². The minimum absolute atomic E-state index is 0.1000. The van der Waals surface area contributed by atoms with Crippen molar-refractivity contribution >= 4 is 5.78 Å². The molecule has 37 heavy (non-hydrogen) atoms. The van der Waals surface area contributed by atoms with Gasteiger partial charge in [-0.3, -0.25) is 18.9 Å². The Hall–Kier alpha value is -3.88. The van der Waals surface area contributed by atoms with Crippen molar-refractivity contribution in [1.29, 1.82) is 0 Å². The van der Waals surface area contributed by atoms with Gasteiger partial charge in [0, 0.05) is 35.6 Å². The molecular formula is C28H33N7O2. The zero-order valence-corrected chi connectivity index (χ0v) is 21.4. The number of hydrogen-bond donors (Lipinski definition) is 1. The van der Waals surface area contributed by atoms with Gasteiger partial charge in [0.1, 0.15) is 0 Å². The van der Waals surface area contributed by atoms with Crippen LogP contribution < -0.4 is 5.69 Å². The number of carbonyl (C=O) groups is 1. The first kappa shape index (κ1) is 24.8. The second-order valence-corrected chi connectivity index (χ2v) is 9.82. The monoisotopic (exact) mass is 499 g/mol. The Bertz CT molecular complexity index is 1400. The van der Waals surface area contributed by atoms with Crippen LogP contribution in [0.15, 0.2) is 53.6 Å². The Morgan fingerprint density at radius 2 is 1.92 bits per heavy atom. The Kier molecular flexibility index (Phi) is 7.39. The second-order valence-electron chi connectivity index (χ2n) is 9.82. The summed E-state index contributed by atoms with van der Waals surface area (Å²) in [5.41, 5.74) is 4.39. The van der Waals surface area contributed by atoms with Crippen molar-refractivity contribution < 1.29 is 4.79 Å². The average molecular weight is 500 g/mol. The number of imidazole rings is 1. The minimum Gasteiger partial charge on any atom is -0.297 e. The van der Waals surface area contributed by atoms with Crippen LogP contribution in [-0.2, 0) is 17.8 Å². The maximum Gasteiger partial charge on any atom is 0.329 e. The number of unbranched alkanes of at least 4 members (excludes halogenated alkanes) is 1. The van der Waals surface area contributed by atoms with E-state index in [9.17, 15) is 9.59 Å². The number of hydrogen-bond acceptors (Lipinski definition) is 6. The lowest BCUT2D eigenvalue weighted by atomic mass is 9.82. The Morgan fingerprint density at radius 3 is 2.62 bits per heavy atom. The van der Waals surface area contributed by atoms with Gasteiger partial charge in [-0.25, -0.2) is 9.89 Å². The Balaban J connectivity index is 1.46. The van der Waals surface area contributed by atoms with Crippen molar-refractivity contribution in [2.24, 2.45) is 5.92 Å². The first-order valence-corrected chi connectivity index (χ1v) is 13.2. The maximum atomic E-state index is 13.7. The smallest absolute Gasteiger partial charge is 0.297 e. The number of benzene rings is 1. The van der Waals surface area contributed by atoms with Crippen LogP contribution in [0.1, 0.15) is 69.7 Å². The summed E-state index contributed by atoms with van der Waals surface area (Å²) >= 11 is 0. The lowest BCUT2D eigenvalue weighted by Gasteiger charge is -2.29. The second kappa shape index (κ2) is 11.0. The zero-order chi connectivity index (χ0) is 25.8. The van der Waals surface area contributed by atoms with Gasteiger partial charge in [-0.1, -0.05) is 57.0 Å². The number of tetrazole rings is 1. The maximum absolute atomic E-state index is 13.7. The summed E-state index contributed by atoms with van der Waals surface area (Å²) in [4.78, 5) is 31.3. The van der Waals surface area contributed by atoms with E-state index in [0.717, 1.165) is 66.6 Å². The summed E-state index contributed by atoms with van der Waals surface area (Å²) < 4.78 is 3.55. The normalized spacial score (nSPS) is 17.8. The molecule has 0 saturated heterocycles. The third-order valence-electron chi connectivity index (χ3n) is 7.44. The predicted molar refractivity (Wildman–Crippen MR) is 141 cm³/mol. The molecule has 1 aliphatic carbocycles. The van der Waals surface area contributed by atoms with E-state index in [-0.39, 0.29) is 23.4 Å². The quantitative estimate of drug-likeness (QED) is 0.360. The molecule has 4 aromatic rings. The standard InChI is InChI=1S/C28H33N7O2/c1-3-5-10-21-18-35(26-20(4-2)9-8-13-25(26)36)28(37)34(21)17-19-14-15-24(29-16-19)22-11-6-7-12-23(22)27-30-32-33-31-27/h6-7,11-12,14-16,18,20,26H,3-5,8-10,13,17H2,1-2H3,(H,30,31,32,33). The number of ketones is 1. The fraction of sp³-hybridized carbons (Fsp3) is 0.429. The van der Waals surface area contributed by atoms with Crippen LogP contribution in [0.2, 0.25) is 0 Å². The molecule has 1 saturated carbocycles. The average Bonchev–Trinajstić information content (AvgIpc) is 3.57. The molecule has 0 aliphatic heterocycles. The Morgan fingerprint density at radius 1 is 1.08 bits per heavy atom. The molecule has 0 radical (unpaired) electrons. The van der Waals surface area contributed by atoms with E-state index in [0.29, 0.717) is 18.8 Å². The number of carbonyl (C=O) groups excluding carboxylic acids is 1. The van der Waals surface area contributed by atoms with Crippen molar-refractivity contribution in [3.05, 3.63) is 70.5 Å². The topological polar surface area (TPSA) is 111 Å². The summed E-state index contributed by atoms with van der Waals surface area (Å²) in [6.07, 6.45) is 9.96. The van der Waals surface area contributed by atoms with Gasteiger partial charge in [0.25, 0.3) is 0 Å². The van der Waals surface area contributed by atoms with E-state index in [2.05, 4.69) is 34.5 Å². The molecule has 192 valence electrons. The highest BCUT2D eigenvalue weighted by Gasteiger charge is 2.34. The van der Waals surface area contributed by atoms with Gasteiger partial charge in [-0.05, 0) is 53.7 Å². The van der Waals surface area contributed by atoms with Crippen molar-refractivity contribution in [3.8, 4) is 22.6 Å². The van der Waals surface area contributed by atoms with Gasteiger partial charge >= 0.3 is 5.69 Å². The number of H-pyrrole nitrogens is 1. The molecule has 0 bridgehead atoms. The molecule has 5 rings (SSSR count). The number of nitrogens with zero attached hydrogens (tertiary/aromatic N) is 6. The molecule has 1 N–H and O–H groups in total. The summed E-state index contributed by atoms with van der Waals surface area (Å²) in [6.45, 7) is 4.68. The van der Waals surface area contributed by atoms with E-state index < -0.39 is 0 Å². The summed E-state index contributed by atoms with van der Waals surface area (Å²) in [5.74, 6) is 0.984. The van der Waals surface area contributed by atoms with Gasteiger partial charge in [0.2, 0.25) is 0 Å².